The van der Waals surface area contributed by atoms with Crippen molar-refractivity contribution in [2.24, 2.45) is 5.92 Å². The lowest BCUT2D eigenvalue weighted by Crippen LogP contribution is -2.75. The first-order chi connectivity index (χ1) is 17.4. The Morgan fingerprint density at radius 2 is 1.36 bits per heavy atom. The molecule has 0 bridgehead atoms. The number of Topliss-reactive ketones (excluding diaryl/α,β-unsaturated/α-hetero) is 1. The standard InChI is InChI=1S/C29H39NO5S/c1-2-3-4-5-6-7-8-9-10-17-22-29(36(33,34)25-20-15-12-16-21-25)27(28(32)30-29)26(31)23-35-24-18-13-11-14-19-24/h11-16,18-21,27H,2-10,17,22-23H2,1H3,(H,30,32)/t27-,29-/m1/s1. The van der Waals surface area contributed by atoms with Gasteiger partial charge >= 0.3 is 0 Å². The van der Waals surface area contributed by atoms with E-state index in [2.05, 4.69) is 12.2 Å². The Morgan fingerprint density at radius 3 is 1.92 bits per heavy atom. The number of rotatable bonds is 17. The van der Waals surface area contributed by atoms with Gasteiger partial charge in [0.25, 0.3) is 0 Å². The third-order valence-corrected chi connectivity index (χ3v) is 9.34. The van der Waals surface area contributed by atoms with Crippen LogP contribution in [0.4, 0.5) is 0 Å². The van der Waals surface area contributed by atoms with Gasteiger partial charge in [0.05, 0.1) is 4.90 Å². The number of para-hydroxylation sites is 1. The van der Waals surface area contributed by atoms with Gasteiger partial charge in [0.15, 0.2) is 10.7 Å². The number of hydrogen-bond donors (Lipinski definition) is 1. The Morgan fingerprint density at radius 1 is 0.833 bits per heavy atom. The second-order valence-corrected chi connectivity index (χ2v) is 11.8. The molecule has 1 saturated heterocycles. The average Bonchev–Trinajstić information content (AvgIpc) is 2.88. The van der Waals surface area contributed by atoms with E-state index in [1.165, 1.54) is 50.7 Å². The number of sulfone groups is 1. The average molecular weight is 514 g/mol. The first-order valence-electron chi connectivity index (χ1n) is 13.2. The van der Waals surface area contributed by atoms with E-state index < -0.39 is 32.3 Å². The minimum Gasteiger partial charge on any atom is -0.486 e. The van der Waals surface area contributed by atoms with Crippen molar-refractivity contribution in [1.82, 2.24) is 5.32 Å². The van der Waals surface area contributed by atoms with Crippen molar-refractivity contribution in [3.63, 3.8) is 0 Å². The third kappa shape index (κ3) is 6.75. The van der Waals surface area contributed by atoms with E-state index in [9.17, 15) is 18.0 Å². The fraction of sp³-hybridized carbons (Fsp3) is 0.517. The fourth-order valence-electron chi connectivity index (χ4n) is 4.90. The van der Waals surface area contributed by atoms with Crippen LogP contribution >= 0.6 is 0 Å². The van der Waals surface area contributed by atoms with E-state index in [0.717, 1.165) is 19.3 Å². The lowest BCUT2D eigenvalue weighted by Gasteiger charge is -2.47. The molecule has 1 N–H and O–H groups in total. The lowest BCUT2D eigenvalue weighted by atomic mass is 9.82. The molecule has 0 radical (unpaired) electrons. The minimum atomic E-state index is -3.99. The highest BCUT2D eigenvalue weighted by Gasteiger charge is 2.64. The molecular weight excluding hydrogens is 474 g/mol. The van der Waals surface area contributed by atoms with Gasteiger partial charge in [-0.05, 0) is 37.1 Å². The van der Waals surface area contributed by atoms with Crippen molar-refractivity contribution in [2.45, 2.75) is 87.3 Å². The molecule has 7 heteroatoms. The highest BCUT2D eigenvalue weighted by atomic mass is 32.2. The van der Waals surface area contributed by atoms with E-state index in [1.807, 2.05) is 6.07 Å². The molecule has 1 heterocycles. The molecule has 2 aromatic carbocycles. The van der Waals surface area contributed by atoms with Crippen LogP contribution in [-0.2, 0) is 19.4 Å². The predicted octanol–water partition coefficient (Wildman–Crippen LogP) is 5.86. The minimum absolute atomic E-state index is 0.110. The maximum atomic E-state index is 13.8. The summed E-state index contributed by atoms with van der Waals surface area (Å²) in [6.07, 6.45) is 11.3. The van der Waals surface area contributed by atoms with E-state index >= 15 is 0 Å². The van der Waals surface area contributed by atoms with Gasteiger partial charge in [0, 0.05) is 0 Å². The van der Waals surface area contributed by atoms with Crippen molar-refractivity contribution in [2.75, 3.05) is 6.61 Å². The quantitative estimate of drug-likeness (QED) is 0.163. The Bertz CT molecular complexity index is 1070. The zero-order valence-corrected chi connectivity index (χ0v) is 22.1. The molecule has 3 rings (SSSR count). The number of ketones is 1. The summed E-state index contributed by atoms with van der Waals surface area (Å²) < 4.78 is 33.1. The summed E-state index contributed by atoms with van der Waals surface area (Å²) in [6.45, 7) is 1.86. The van der Waals surface area contributed by atoms with Gasteiger partial charge in [-0.1, -0.05) is 101 Å². The molecule has 0 aromatic heterocycles. The van der Waals surface area contributed by atoms with E-state index in [-0.39, 0.29) is 17.9 Å². The summed E-state index contributed by atoms with van der Waals surface area (Å²) in [7, 11) is -3.99. The van der Waals surface area contributed by atoms with Crippen LogP contribution in [0.3, 0.4) is 0 Å². The van der Waals surface area contributed by atoms with Crippen LogP contribution in [0.5, 0.6) is 5.75 Å². The summed E-state index contributed by atoms with van der Waals surface area (Å²) >= 11 is 0. The van der Waals surface area contributed by atoms with Crippen LogP contribution in [0.2, 0.25) is 0 Å². The Balaban J connectivity index is 1.65. The van der Waals surface area contributed by atoms with Crippen molar-refractivity contribution < 1.29 is 22.7 Å². The number of benzene rings is 2. The number of β-lactam (4-membered cyclic amide) rings is 1. The summed E-state index contributed by atoms with van der Waals surface area (Å²) in [5.74, 6) is -1.86. The Labute approximate surface area is 215 Å². The van der Waals surface area contributed by atoms with E-state index in [1.54, 1.807) is 42.5 Å². The first-order valence-corrected chi connectivity index (χ1v) is 14.7. The number of ether oxygens (including phenoxy) is 1. The maximum Gasteiger partial charge on any atom is 0.235 e. The van der Waals surface area contributed by atoms with Gasteiger partial charge in [-0.2, -0.15) is 0 Å². The summed E-state index contributed by atoms with van der Waals surface area (Å²) in [6, 6.07) is 16.9. The van der Waals surface area contributed by atoms with Crippen molar-refractivity contribution in [3.8, 4) is 5.75 Å². The molecule has 1 aliphatic heterocycles. The van der Waals surface area contributed by atoms with Crippen LogP contribution in [-0.4, -0.2) is 31.6 Å². The van der Waals surface area contributed by atoms with Gasteiger partial charge in [-0.25, -0.2) is 8.42 Å². The molecule has 0 saturated carbocycles. The van der Waals surface area contributed by atoms with Crippen molar-refractivity contribution in [3.05, 3.63) is 60.7 Å². The zero-order valence-electron chi connectivity index (χ0n) is 21.3. The SMILES string of the molecule is CCCCCCCCCCCC[C@]1(S(=O)(=O)c2ccccc2)NC(=O)[C@H]1C(=O)COc1ccccc1. The van der Waals surface area contributed by atoms with Crippen LogP contribution in [0.25, 0.3) is 0 Å². The fourth-order valence-corrected chi connectivity index (χ4v) is 7.03. The molecule has 1 fully saturated rings. The molecule has 196 valence electrons. The summed E-state index contributed by atoms with van der Waals surface area (Å²) in [5.41, 5.74) is 0. The lowest BCUT2D eigenvalue weighted by molar-refractivity contribution is -0.147. The van der Waals surface area contributed by atoms with E-state index in [4.69, 9.17) is 4.74 Å². The molecule has 2 atom stereocenters. The Hall–Kier alpha value is -2.67. The van der Waals surface area contributed by atoms with Crippen LogP contribution in [0.15, 0.2) is 65.6 Å². The van der Waals surface area contributed by atoms with Gasteiger partial charge < -0.3 is 10.1 Å². The molecule has 6 nitrogen and oxygen atoms in total. The van der Waals surface area contributed by atoms with Gasteiger partial charge in [0.2, 0.25) is 15.7 Å². The maximum absolute atomic E-state index is 13.8. The highest BCUT2D eigenvalue weighted by molar-refractivity contribution is 7.93. The number of nitrogens with one attached hydrogen (secondary N) is 1. The highest BCUT2D eigenvalue weighted by Crippen LogP contribution is 2.42. The second kappa shape index (κ2) is 13.6. The number of amides is 1. The molecule has 0 aliphatic carbocycles. The Kier molecular flexibility index (Phi) is 10.5. The second-order valence-electron chi connectivity index (χ2n) is 9.63. The van der Waals surface area contributed by atoms with Crippen molar-refractivity contribution >= 4 is 21.5 Å². The van der Waals surface area contributed by atoms with Gasteiger partial charge in [0.1, 0.15) is 18.3 Å². The third-order valence-electron chi connectivity index (χ3n) is 6.94. The summed E-state index contributed by atoms with van der Waals surface area (Å²) in [4.78, 5) is 24.2. The summed E-state index contributed by atoms with van der Waals surface area (Å²) in [5, 5.41) is 2.65. The zero-order chi connectivity index (χ0) is 25.9. The number of hydrogen-bond acceptors (Lipinski definition) is 5. The normalized spacial score (nSPS) is 19.4. The molecule has 36 heavy (non-hydrogen) atoms. The molecule has 0 unspecified atom stereocenters. The smallest absolute Gasteiger partial charge is 0.235 e. The number of unbranched alkanes of at least 4 members (excludes halogenated alkanes) is 9. The van der Waals surface area contributed by atoms with Crippen molar-refractivity contribution in [1.29, 1.82) is 0 Å². The topological polar surface area (TPSA) is 89.5 Å². The molecule has 1 amide bonds. The molecule has 1 aliphatic rings. The van der Waals surface area contributed by atoms with Crippen LogP contribution < -0.4 is 10.1 Å². The van der Waals surface area contributed by atoms with Gasteiger partial charge in [-0.15, -0.1) is 0 Å². The molecular formula is C29H39NO5S. The molecule has 0 spiro atoms. The number of carbonyl (C=O) groups excluding carboxylic acids is 2. The molecule has 2 aromatic rings. The first kappa shape index (κ1) is 27.9. The van der Waals surface area contributed by atoms with Crippen LogP contribution in [0, 0.1) is 5.92 Å². The monoisotopic (exact) mass is 513 g/mol. The van der Waals surface area contributed by atoms with Gasteiger partial charge in [-0.3, -0.25) is 9.59 Å². The predicted molar refractivity (Wildman–Crippen MR) is 141 cm³/mol. The number of carbonyl (C=O) groups is 2. The largest absolute Gasteiger partial charge is 0.486 e. The van der Waals surface area contributed by atoms with Crippen LogP contribution in [0.1, 0.15) is 77.6 Å². The van der Waals surface area contributed by atoms with E-state index in [0.29, 0.717) is 12.2 Å².